The van der Waals surface area contributed by atoms with Crippen molar-refractivity contribution in [1.29, 1.82) is 0 Å². The normalized spacial score (nSPS) is 13.3. The Morgan fingerprint density at radius 2 is 1.81 bits per heavy atom. The molecule has 2 aromatic carbocycles. The molecule has 9 heteroatoms. The summed E-state index contributed by atoms with van der Waals surface area (Å²) in [4.78, 5) is 12.2. The Hall–Kier alpha value is -2.29. The number of amides is 1. The molecule has 0 fully saturated rings. The molecule has 1 amide bonds. The van der Waals surface area contributed by atoms with Gasteiger partial charge in [-0.25, -0.2) is 13.1 Å². The number of sulfonamides is 1. The highest BCUT2D eigenvalue weighted by Crippen LogP contribution is 2.38. The van der Waals surface area contributed by atoms with Gasteiger partial charge >= 0.3 is 0 Å². The zero-order valence-corrected chi connectivity index (χ0v) is 19.2. The number of nitrogens with one attached hydrogen (secondary N) is 2. The Labute approximate surface area is 188 Å². The van der Waals surface area contributed by atoms with Crippen LogP contribution >= 0.6 is 11.6 Å². The van der Waals surface area contributed by atoms with Gasteiger partial charge in [-0.1, -0.05) is 37.6 Å². The summed E-state index contributed by atoms with van der Waals surface area (Å²) in [6.07, 6.45) is 0.612. The van der Waals surface area contributed by atoms with E-state index in [1.807, 2.05) is 19.9 Å². The number of hydrogen-bond acceptors (Lipinski definition) is 5. The molecule has 0 spiro atoms. The van der Waals surface area contributed by atoms with Crippen LogP contribution in [0.15, 0.2) is 41.3 Å². The first-order chi connectivity index (χ1) is 14.8. The molecular formula is C22H27ClN2O5S. The minimum Gasteiger partial charge on any atom is -0.486 e. The van der Waals surface area contributed by atoms with E-state index >= 15 is 0 Å². The van der Waals surface area contributed by atoms with Crippen molar-refractivity contribution in [3.8, 4) is 11.5 Å². The van der Waals surface area contributed by atoms with Crippen LogP contribution in [0.2, 0.25) is 5.02 Å². The SMILES string of the molecule is CC(C)c1ccc(S(=O)(=O)NCCC(=O)NCCc2cc(Cl)c3c(c2)OCCO3)cc1. The van der Waals surface area contributed by atoms with Gasteiger partial charge in [0.25, 0.3) is 0 Å². The Kier molecular flexibility index (Phi) is 7.80. The molecule has 2 N–H and O–H groups in total. The fraction of sp³-hybridized carbons (Fsp3) is 0.409. The van der Waals surface area contributed by atoms with Gasteiger partial charge in [-0.15, -0.1) is 0 Å². The number of hydrogen-bond donors (Lipinski definition) is 2. The van der Waals surface area contributed by atoms with Crippen molar-refractivity contribution in [3.63, 3.8) is 0 Å². The van der Waals surface area contributed by atoms with Gasteiger partial charge in [0.2, 0.25) is 15.9 Å². The standard InChI is InChI=1S/C22H27ClN2O5S/c1-15(2)17-3-5-18(6-4-17)31(27,28)25-10-8-21(26)24-9-7-16-13-19(23)22-20(14-16)29-11-12-30-22/h3-6,13-15,25H,7-12H2,1-2H3,(H,24,26). The van der Waals surface area contributed by atoms with Gasteiger partial charge in [0.15, 0.2) is 11.5 Å². The zero-order chi connectivity index (χ0) is 22.4. The molecule has 31 heavy (non-hydrogen) atoms. The van der Waals surface area contributed by atoms with Crippen LogP contribution in [0.5, 0.6) is 11.5 Å². The van der Waals surface area contributed by atoms with Crippen LogP contribution in [-0.4, -0.2) is 40.6 Å². The molecule has 2 aromatic rings. The lowest BCUT2D eigenvalue weighted by Crippen LogP contribution is -2.31. The van der Waals surface area contributed by atoms with Crippen molar-refractivity contribution in [3.05, 3.63) is 52.5 Å². The van der Waals surface area contributed by atoms with Gasteiger partial charge in [0, 0.05) is 19.5 Å². The van der Waals surface area contributed by atoms with Crippen LogP contribution in [0.25, 0.3) is 0 Å². The molecule has 0 aromatic heterocycles. The van der Waals surface area contributed by atoms with Crippen molar-refractivity contribution >= 4 is 27.5 Å². The van der Waals surface area contributed by atoms with E-state index in [0.717, 1.165) is 11.1 Å². The smallest absolute Gasteiger partial charge is 0.240 e. The van der Waals surface area contributed by atoms with Gasteiger partial charge in [-0.05, 0) is 47.7 Å². The Morgan fingerprint density at radius 3 is 2.52 bits per heavy atom. The molecule has 0 aliphatic carbocycles. The van der Waals surface area contributed by atoms with E-state index in [9.17, 15) is 13.2 Å². The summed E-state index contributed by atoms with van der Waals surface area (Å²) in [7, 11) is -3.65. The molecule has 3 rings (SSSR count). The molecule has 168 valence electrons. The Balaban J connectivity index is 1.43. The van der Waals surface area contributed by atoms with Gasteiger partial charge in [-0.3, -0.25) is 4.79 Å². The number of benzene rings is 2. The number of halogens is 1. The third-order valence-corrected chi connectivity index (χ3v) is 6.65. The van der Waals surface area contributed by atoms with E-state index in [4.69, 9.17) is 21.1 Å². The quantitative estimate of drug-likeness (QED) is 0.591. The van der Waals surface area contributed by atoms with E-state index in [1.165, 1.54) is 0 Å². The predicted molar refractivity (Wildman–Crippen MR) is 119 cm³/mol. The lowest BCUT2D eigenvalue weighted by molar-refractivity contribution is -0.120. The molecule has 0 saturated carbocycles. The van der Waals surface area contributed by atoms with E-state index in [1.54, 1.807) is 30.3 Å². The van der Waals surface area contributed by atoms with Gasteiger partial charge in [-0.2, -0.15) is 0 Å². The number of carbonyl (C=O) groups is 1. The maximum absolute atomic E-state index is 12.4. The first kappa shape index (κ1) is 23.4. The molecule has 1 heterocycles. The second-order valence-electron chi connectivity index (χ2n) is 7.57. The molecule has 0 bridgehead atoms. The zero-order valence-electron chi connectivity index (χ0n) is 17.6. The molecule has 7 nitrogen and oxygen atoms in total. The third-order valence-electron chi connectivity index (χ3n) is 4.89. The minimum atomic E-state index is -3.65. The number of carbonyl (C=O) groups excluding carboxylic acids is 1. The van der Waals surface area contributed by atoms with Crippen molar-refractivity contribution in [2.75, 3.05) is 26.3 Å². The maximum Gasteiger partial charge on any atom is 0.240 e. The lowest BCUT2D eigenvalue weighted by Gasteiger charge is -2.20. The summed E-state index contributed by atoms with van der Waals surface area (Å²) in [6.45, 7) is 5.45. The van der Waals surface area contributed by atoms with E-state index in [-0.39, 0.29) is 23.8 Å². The summed E-state index contributed by atoms with van der Waals surface area (Å²) < 4.78 is 38.2. The lowest BCUT2D eigenvalue weighted by atomic mass is 10.0. The average molecular weight is 467 g/mol. The second-order valence-corrected chi connectivity index (χ2v) is 9.75. The largest absolute Gasteiger partial charge is 0.486 e. The van der Waals surface area contributed by atoms with Crippen LogP contribution in [0.4, 0.5) is 0 Å². The van der Waals surface area contributed by atoms with Crippen molar-refractivity contribution in [1.82, 2.24) is 10.0 Å². The summed E-state index contributed by atoms with van der Waals surface area (Å²) >= 11 is 6.22. The monoisotopic (exact) mass is 466 g/mol. The van der Waals surface area contributed by atoms with Gasteiger partial charge in [0.1, 0.15) is 13.2 Å². The topological polar surface area (TPSA) is 93.7 Å². The summed E-state index contributed by atoms with van der Waals surface area (Å²) in [6, 6.07) is 10.4. The molecule has 0 unspecified atom stereocenters. The fourth-order valence-corrected chi connectivity index (χ4v) is 4.48. The van der Waals surface area contributed by atoms with Crippen molar-refractivity contribution in [2.45, 2.75) is 37.5 Å². The Morgan fingerprint density at radius 1 is 1.10 bits per heavy atom. The third kappa shape index (κ3) is 6.35. The summed E-state index contributed by atoms with van der Waals surface area (Å²) in [5.74, 6) is 1.25. The van der Waals surface area contributed by atoms with Crippen LogP contribution in [0.1, 0.15) is 37.3 Å². The molecule has 1 aliphatic rings. The summed E-state index contributed by atoms with van der Waals surface area (Å²) in [5, 5.41) is 3.27. The van der Waals surface area contributed by atoms with Crippen molar-refractivity contribution in [2.24, 2.45) is 0 Å². The molecule has 0 saturated heterocycles. The first-order valence-electron chi connectivity index (χ1n) is 10.2. The second kappa shape index (κ2) is 10.3. The predicted octanol–water partition coefficient (Wildman–Crippen LogP) is 3.26. The number of fused-ring (bicyclic) bond motifs is 1. The first-order valence-corrected chi connectivity index (χ1v) is 12.1. The van der Waals surface area contributed by atoms with Crippen molar-refractivity contribution < 1.29 is 22.7 Å². The highest BCUT2D eigenvalue weighted by atomic mass is 35.5. The summed E-state index contributed by atoms with van der Waals surface area (Å²) in [5.41, 5.74) is 1.98. The fourth-order valence-electron chi connectivity index (χ4n) is 3.16. The van der Waals surface area contributed by atoms with Crippen LogP contribution < -0.4 is 19.5 Å². The number of rotatable bonds is 9. The van der Waals surface area contributed by atoms with E-state index in [0.29, 0.717) is 48.6 Å². The highest BCUT2D eigenvalue weighted by molar-refractivity contribution is 7.89. The minimum absolute atomic E-state index is 0.0238. The van der Waals surface area contributed by atoms with Crippen LogP contribution in [-0.2, 0) is 21.2 Å². The number of ether oxygens (including phenoxy) is 2. The van der Waals surface area contributed by atoms with Gasteiger partial charge in [0.05, 0.1) is 9.92 Å². The van der Waals surface area contributed by atoms with Gasteiger partial charge < -0.3 is 14.8 Å². The van der Waals surface area contributed by atoms with E-state index in [2.05, 4.69) is 10.0 Å². The van der Waals surface area contributed by atoms with Crippen LogP contribution in [0.3, 0.4) is 0 Å². The molecule has 0 atom stereocenters. The van der Waals surface area contributed by atoms with Crippen LogP contribution in [0, 0.1) is 0 Å². The maximum atomic E-state index is 12.4. The Bertz CT molecular complexity index is 1020. The van der Waals surface area contributed by atoms with E-state index < -0.39 is 10.0 Å². The average Bonchev–Trinajstić information content (AvgIpc) is 2.74. The molecular weight excluding hydrogens is 440 g/mol. The molecule has 1 aliphatic heterocycles. The molecule has 0 radical (unpaired) electrons. The highest BCUT2D eigenvalue weighted by Gasteiger charge is 2.17.